The molecule has 0 saturated carbocycles. The summed E-state index contributed by atoms with van der Waals surface area (Å²) in [6, 6.07) is 6.13. The van der Waals surface area contributed by atoms with Crippen molar-refractivity contribution in [3.63, 3.8) is 0 Å². The molecule has 116 valence electrons. The van der Waals surface area contributed by atoms with Gasteiger partial charge in [0.15, 0.2) is 0 Å². The largest absolute Gasteiger partial charge is 0.370 e. The quantitative estimate of drug-likeness (QED) is 0.914. The van der Waals surface area contributed by atoms with Crippen molar-refractivity contribution in [3.05, 3.63) is 42.0 Å². The van der Waals surface area contributed by atoms with E-state index >= 15 is 0 Å². The monoisotopic (exact) mass is 305 g/mol. The van der Waals surface area contributed by atoms with E-state index in [9.17, 15) is 9.18 Å². The molecule has 1 saturated heterocycles. The molecule has 1 fully saturated rings. The minimum Gasteiger partial charge on any atom is -0.370 e. The Labute approximate surface area is 126 Å². The second kappa shape index (κ2) is 6.10. The first-order chi connectivity index (χ1) is 10.6. The average molecular weight is 305 g/mol. The smallest absolute Gasteiger partial charge is 0.324 e. The first-order valence-corrected chi connectivity index (χ1v) is 6.91. The molecule has 1 N–H and O–H groups in total. The Morgan fingerprint density at radius 3 is 3.00 bits per heavy atom. The number of urea groups is 1. The highest BCUT2D eigenvalue weighted by molar-refractivity contribution is 5.87. The van der Waals surface area contributed by atoms with Crippen molar-refractivity contribution < 1.29 is 13.9 Å². The van der Waals surface area contributed by atoms with Gasteiger partial charge in [0.1, 0.15) is 18.2 Å². The number of aromatic nitrogens is 3. The second-order valence-electron chi connectivity index (χ2n) is 5.02. The van der Waals surface area contributed by atoms with Crippen molar-refractivity contribution >= 4 is 12.0 Å². The van der Waals surface area contributed by atoms with Crippen LogP contribution >= 0.6 is 0 Å². The van der Waals surface area contributed by atoms with E-state index in [0.29, 0.717) is 24.7 Å². The van der Waals surface area contributed by atoms with Crippen molar-refractivity contribution in [1.29, 1.82) is 0 Å². The maximum absolute atomic E-state index is 13.8. The summed E-state index contributed by atoms with van der Waals surface area (Å²) in [6.07, 6.45) is 1.03. The van der Waals surface area contributed by atoms with Crippen LogP contribution in [0.25, 0.3) is 0 Å². The van der Waals surface area contributed by atoms with Crippen molar-refractivity contribution in [2.24, 2.45) is 7.05 Å². The number of amides is 2. The third kappa shape index (κ3) is 2.91. The van der Waals surface area contributed by atoms with Gasteiger partial charge in [0.2, 0.25) is 5.95 Å². The number of morpholine rings is 1. The molecule has 8 heteroatoms. The van der Waals surface area contributed by atoms with Crippen LogP contribution in [0.1, 0.15) is 11.7 Å². The molecule has 0 bridgehead atoms. The Bertz CT molecular complexity index is 675. The predicted molar refractivity (Wildman–Crippen MR) is 76.7 cm³/mol. The minimum atomic E-state index is -0.472. The lowest BCUT2D eigenvalue weighted by Crippen LogP contribution is -2.44. The molecule has 7 nitrogen and oxygen atoms in total. The molecule has 1 atom stereocenters. The number of carbonyl (C=O) groups excluding carboxylic acids is 1. The zero-order valence-corrected chi connectivity index (χ0v) is 12.1. The maximum Gasteiger partial charge on any atom is 0.324 e. The highest BCUT2D eigenvalue weighted by Crippen LogP contribution is 2.24. The molecule has 1 aliphatic rings. The summed E-state index contributed by atoms with van der Waals surface area (Å²) < 4.78 is 21.0. The third-order valence-corrected chi connectivity index (χ3v) is 3.54. The fourth-order valence-corrected chi connectivity index (χ4v) is 2.33. The normalized spacial score (nSPS) is 18.3. The van der Waals surface area contributed by atoms with Crippen molar-refractivity contribution in [2.75, 3.05) is 25.0 Å². The predicted octanol–water partition coefficient (Wildman–Crippen LogP) is 1.56. The first-order valence-electron chi connectivity index (χ1n) is 6.91. The summed E-state index contributed by atoms with van der Waals surface area (Å²) in [7, 11) is 1.73. The number of anilines is 1. The van der Waals surface area contributed by atoms with Crippen molar-refractivity contribution in [3.8, 4) is 0 Å². The van der Waals surface area contributed by atoms with Gasteiger partial charge in [-0.25, -0.2) is 9.18 Å². The number of nitrogens with zero attached hydrogens (tertiary/aromatic N) is 4. The lowest BCUT2D eigenvalue weighted by atomic mass is 10.1. The molecule has 0 aliphatic carbocycles. The number of hydrogen-bond donors (Lipinski definition) is 1. The molecule has 22 heavy (non-hydrogen) atoms. The topological polar surface area (TPSA) is 72.3 Å². The average Bonchev–Trinajstić information content (AvgIpc) is 2.93. The maximum atomic E-state index is 13.8. The fraction of sp³-hybridized carbons (Fsp3) is 0.357. The number of aryl methyl sites for hydroxylation is 1. The van der Waals surface area contributed by atoms with E-state index in [0.717, 1.165) is 0 Å². The number of carbonyl (C=O) groups is 1. The molecule has 2 amide bonds. The number of nitrogens with one attached hydrogen (secondary N) is 1. The molecule has 0 radical (unpaired) electrons. The highest BCUT2D eigenvalue weighted by Gasteiger charge is 2.27. The van der Waals surface area contributed by atoms with Gasteiger partial charge in [0.25, 0.3) is 0 Å². The zero-order valence-electron chi connectivity index (χ0n) is 12.1. The van der Waals surface area contributed by atoms with Gasteiger partial charge in [-0.15, -0.1) is 10.2 Å². The van der Waals surface area contributed by atoms with E-state index in [4.69, 9.17) is 4.74 Å². The van der Waals surface area contributed by atoms with Crippen molar-refractivity contribution in [1.82, 2.24) is 19.7 Å². The van der Waals surface area contributed by atoms with Gasteiger partial charge in [0.05, 0.1) is 13.2 Å². The lowest BCUT2D eigenvalue weighted by molar-refractivity contribution is -0.0152. The van der Waals surface area contributed by atoms with Crippen LogP contribution in [0.15, 0.2) is 30.6 Å². The van der Waals surface area contributed by atoms with Crippen LogP contribution in [0.4, 0.5) is 15.1 Å². The van der Waals surface area contributed by atoms with Gasteiger partial charge < -0.3 is 14.2 Å². The summed E-state index contributed by atoms with van der Waals surface area (Å²) in [6.45, 7) is 1.07. The summed E-state index contributed by atoms with van der Waals surface area (Å²) in [5.74, 6) is 0.0296. The fourth-order valence-electron chi connectivity index (χ4n) is 2.33. The Kier molecular flexibility index (Phi) is 4.01. The molecule has 1 aromatic carbocycles. The van der Waals surface area contributed by atoms with Gasteiger partial charge in [-0.05, 0) is 6.07 Å². The zero-order chi connectivity index (χ0) is 15.5. The highest BCUT2D eigenvalue weighted by atomic mass is 19.1. The lowest BCUT2D eigenvalue weighted by Gasteiger charge is -2.33. The van der Waals surface area contributed by atoms with Crippen LogP contribution in [-0.4, -0.2) is 45.4 Å². The molecular weight excluding hydrogens is 289 g/mol. The molecular formula is C14H16FN5O2. The van der Waals surface area contributed by atoms with Gasteiger partial charge >= 0.3 is 6.03 Å². The number of benzene rings is 1. The Hall–Kier alpha value is -2.48. The summed E-state index contributed by atoms with van der Waals surface area (Å²) in [5, 5.41) is 10.2. The van der Waals surface area contributed by atoms with Gasteiger partial charge in [-0.3, -0.25) is 5.32 Å². The van der Waals surface area contributed by atoms with Crippen LogP contribution < -0.4 is 5.32 Å². The van der Waals surface area contributed by atoms with Gasteiger partial charge in [0, 0.05) is 19.2 Å². The van der Waals surface area contributed by atoms with E-state index in [1.54, 1.807) is 34.7 Å². The van der Waals surface area contributed by atoms with E-state index in [-0.39, 0.29) is 18.4 Å². The van der Waals surface area contributed by atoms with Gasteiger partial charge in [-0.2, -0.15) is 0 Å². The Morgan fingerprint density at radius 1 is 1.45 bits per heavy atom. The van der Waals surface area contributed by atoms with Crippen LogP contribution in [0.2, 0.25) is 0 Å². The summed E-state index contributed by atoms with van der Waals surface area (Å²) in [4.78, 5) is 13.8. The molecule has 2 aromatic rings. The van der Waals surface area contributed by atoms with Crippen LogP contribution in [0.5, 0.6) is 0 Å². The van der Waals surface area contributed by atoms with Gasteiger partial charge in [-0.1, -0.05) is 18.2 Å². The summed E-state index contributed by atoms with van der Waals surface area (Å²) in [5.41, 5.74) is 0.457. The molecule has 0 unspecified atom stereocenters. The minimum absolute atomic E-state index is 0.282. The number of halogens is 1. The molecule has 3 rings (SSSR count). The van der Waals surface area contributed by atoms with E-state index in [1.165, 1.54) is 12.4 Å². The number of rotatable bonds is 2. The molecule has 1 aliphatic heterocycles. The SMILES string of the molecule is Cn1cnnc1NC(=O)N1CCO[C@H](c2ccccc2F)C1. The second-order valence-corrected chi connectivity index (χ2v) is 5.02. The van der Waals surface area contributed by atoms with Crippen LogP contribution in [0, 0.1) is 5.82 Å². The molecule has 0 spiro atoms. The molecule has 1 aromatic heterocycles. The first kappa shape index (κ1) is 14.5. The van der Waals surface area contributed by atoms with Crippen LogP contribution in [-0.2, 0) is 11.8 Å². The standard InChI is InChI=1S/C14H16FN5O2/c1-19-9-16-18-13(19)17-14(21)20-6-7-22-12(8-20)10-4-2-3-5-11(10)15/h2-5,9,12H,6-8H2,1H3,(H,17,18,21)/t12-/m0/s1. The Balaban J connectivity index is 1.69. The van der Waals surface area contributed by atoms with E-state index < -0.39 is 6.10 Å². The number of ether oxygens (including phenoxy) is 1. The van der Waals surface area contributed by atoms with E-state index in [1.807, 2.05) is 0 Å². The Morgan fingerprint density at radius 2 is 2.27 bits per heavy atom. The third-order valence-electron chi connectivity index (χ3n) is 3.54. The number of hydrogen-bond acceptors (Lipinski definition) is 4. The summed E-state index contributed by atoms with van der Waals surface area (Å²) >= 11 is 0. The molecule has 2 heterocycles. The van der Waals surface area contributed by atoms with E-state index in [2.05, 4.69) is 15.5 Å². The van der Waals surface area contributed by atoms with Crippen molar-refractivity contribution in [2.45, 2.75) is 6.10 Å². The van der Waals surface area contributed by atoms with Crippen LogP contribution in [0.3, 0.4) is 0 Å².